The van der Waals surface area contributed by atoms with Gasteiger partial charge in [-0.15, -0.1) is 0 Å². The van der Waals surface area contributed by atoms with Gasteiger partial charge >= 0.3 is 0 Å². The molecule has 0 spiro atoms. The number of carbonyl (C=O) groups excluding carboxylic acids is 1. The van der Waals surface area contributed by atoms with E-state index in [2.05, 4.69) is 6.92 Å². The zero-order chi connectivity index (χ0) is 12.9. The van der Waals surface area contributed by atoms with Crippen LogP contribution >= 0.6 is 0 Å². The summed E-state index contributed by atoms with van der Waals surface area (Å²) in [5.74, 6) is 0.100. The van der Waals surface area contributed by atoms with E-state index in [0.29, 0.717) is 4.59 Å². The van der Waals surface area contributed by atoms with Crippen molar-refractivity contribution in [3.05, 3.63) is 11.8 Å². The van der Waals surface area contributed by atoms with Crippen molar-refractivity contribution in [2.45, 2.75) is 20.3 Å². The first-order chi connectivity index (χ1) is 7.20. The third-order valence-electron chi connectivity index (χ3n) is 2.18. The molecule has 0 saturated heterocycles. The van der Waals surface area contributed by atoms with Gasteiger partial charge in [-0.2, -0.15) is 5.01 Å². The van der Waals surface area contributed by atoms with E-state index < -0.39 is 0 Å². The van der Waals surface area contributed by atoms with Gasteiger partial charge in [0.2, 0.25) is 0 Å². The van der Waals surface area contributed by atoms with Crippen LogP contribution in [0.1, 0.15) is 20.3 Å². The zero-order valence-electron chi connectivity index (χ0n) is 12.1. The lowest BCUT2D eigenvalue weighted by atomic mass is 10.3. The molecule has 17 heavy (non-hydrogen) atoms. The van der Waals surface area contributed by atoms with E-state index >= 15 is 0 Å². The normalized spacial score (nSPS) is 11.8. The van der Waals surface area contributed by atoms with E-state index in [0.717, 1.165) is 18.5 Å². The molecule has 0 aromatic rings. The van der Waals surface area contributed by atoms with Gasteiger partial charge in [0, 0.05) is 25.9 Å². The smallest absolute Gasteiger partial charge is 0.295 e. The molecule has 0 radical (unpaired) electrons. The van der Waals surface area contributed by atoms with Crippen LogP contribution in [0.25, 0.3) is 0 Å². The van der Waals surface area contributed by atoms with E-state index in [1.807, 2.05) is 58.3 Å². The quantitative estimate of drug-likeness (QED) is 0.336. The Morgan fingerprint density at radius 3 is 2.00 bits per heavy atom. The average molecular weight is 264 g/mol. The van der Waals surface area contributed by atoms with Crippen molar-refractivity contribution in [1.82, 2.24) is 9.91 Å². The predicted molar refractivity (Wildman–Crippen MR) is 67.5 cm³/mol. The Bertz CT molecular complexity index is 269. The third kappa shape index (κ3) is 6.54. The molecule has 5 heteroatoms. The molecule has 102 valence electrons. The molecule has 0 saturated carbocycles. The first kappa shape index (κ1) is 18.6. The largest absolute Gasteiger partial charge is 1.00 e. The van der Waals surface area contributed by atoms with Gasteiger partial charge in [-0.05, 0) is 13.3 Å². The summed E-state index contributed by atoms with van der Waals surface area (Å²) in [7, 11) is 9.88. The Morgan fingerprint density at radius 1 is 1.24 bits per heavy atom. The van der Waals surface area contributed by atoms with Crippen molar-refractivity contribution in [3.63, 3.8) is 0 Å². The Balaban J connectivity index is 0. The number of hydrogen-bond donors (Lipinski definition) is 0. The summed E-state index contributed by atoms with van der Waals surface area (Å²) in [5.41, 5.74) is 0.770. The summed E-state index contributed by atoms with van der Waals surface area (Å²) in [6, 6.07) is 0. The minimum absolute atomic E-state index is 0. The second-order valence-electron chi connectivity index (χ2n) is 5.15. The number of carbonyl (C=O) groups is 1. The van der Waals surface area contributed by atoms with Crippen LogP contribution < -0.4 is 12.4 Å². The number of quaternary nitrogens is 1. The second-order valence-corrected chi connectivity index (χ2v) is 5.15. The molecule has 0 bridgehead atoms. The molecular formula is C12H26ClN3O. The van der Waals surface area contributed by atoms with Crippen molar-refractivity contribution in [1.29, 1.82) is 0 Å². The number of hydrogen-bond acceptors (Lipinski definition) is 2. The van der Waals surface area contributed by atoms with Crippen LogP contribution in [-0.2, 0) is 4.79 Å². The van der Waals surface area contributed by atoms with Gasteiger partial charge in [0.15, 0.2) is 0 Å². The molecule has 0 fully saturated rings. The fourth-order valence-electron chi connectivity index (χ4n) is 1.53. The molecule has 0 aromatic heterocycles. The Hall–Kier alpha value is -0.740. The van der Waals surface area contributed by atoms with Crippen LogP contribution in [0.5, 0.6) is 0 Å². The standard InChI is InChI=1S/C12H26N3O.ClH/c1-8-9-14(15(5,6)7)12(16)11(2)10-13(3)4;/h10H,8-9H2,1-7H3;1H/q+1;/p-1. The van der Waals surface area contributed by atoms with E-state index in [1.165, 1.54) is 0 Å². The predicted octanol–water partition coefficient (Wildman–Crippen LogP) is -1.68. The summed E-state index contributed by atoms with van der Waals surface area (Å²) >= 11 is 0. The molecule has 0 aromatic carbocycles. The van der Waals surface area contributed by atoms with Crippen LogP contribution in [-0.4, -0.2) is 62.2 Å². The van der Waals surface area contributed by atoms with Gasteiger partial charge in [-0.1, -0.05) is 6.92 Å². The van der Waals surface area contributed by atoms with Crippen molar-refractivity contribution in [2.75, 3.05) is 41.8 Å². The lowest BCUT2D eigenvalue weighted by molar-refractivity contribution is -0.973. The first-order valence-electron chi connectivity index (χ1n) is 5.68. The molecule has 1 amide bonds. The summed E-state index contributed by atoms with van der Waals surface area (Å²) < 4.78 is 0.533. The van der Waals surface area contributed by atoms with Gasteiger partial charge in [0.1, 0.15) is 0 Å². The molecule has 0 heterocycles. The van der Waals surface area contributed by atoms with Crippen LogP contribution in [0, 0.1) is 0 Å². The van der Waals surface area contributed by atoms with Crippen molar-refractivity contribution in [3.8, 4) is 0 Å². The van der Waals surface area contributed by atoms with Crippen LogP contribution in [0.4, 0.5) is 0 Å². The average Bonchev–Trinajstić information content (AvgIpc) is 2.10. The van der Waals surface area contributed by atoms with E-state index in [4.69, 9.17) is 0 Å². The Labute approximate surface area is 112 Å². The lowest BCUT2D eigenvalue weighted by Gasteiger charge is -2.36. The van der Waals surface area contributed by atoms with Crippen LogP contribution in [0.2, 0.25) is 0 Å². The summed E-state index contributed by atoms with van der Waals surface area (Å²) in [5, 5.41) is 1.87. The number of amides is 1. The Kier molecular flexibility index (Phi) is 8.28. The summed E-state index contributed by atoms with van der Waals surface area (Å²) in [6.07, 6.45) is 2.83. The highest BCUT2D eigenvalue weighted by atomic mass is 35.5. The van der Waals surface area contributed by atoms with E-state index in [9.17, 15) is 4.79 Å². The van der Waals surface area contributed by atoms with Crippen LogP contribution in [0.15, 0.2) is 11.8 Å². The molecule has 4 nitrogen and oxygen atoms in total. The fraction of sp³-hybridized carbons (Fsp3) is 0.750. The summed E-state index contributed by atoms with van der Waals surface area (Å²) in [6.45, 7) is 4.72. The third-order valence-corrected chi connectivity index (χ3v) is 2.18. The van der Waals surface area contributed by atoms with Crippen LogP contribution in [0.3, 0.4) is 0 Å². The van der Waals surface area contributed by atoms with Gasteiger partial charge in [-0.3, -0.25) is 4.79 Å². The number of halogens is 1. The van der Waals surface area contributed by atoms with Gasteiger partial charge in [-0.25, -0.2) is 4.59 Å². The molecular weight excluding hydrogens is 238 g/mol. The summed E-state index contributed by atoms with van der Waals surface area (Å²) in [4.78, 5) is 14.1. The molecule has 0 aliphatic carbocycles. The highest BCUT2D eigenvalue weighted by molar-refractivity contribution is 5.91. The van der Waals surface area contributed by atoms with Crippen molar-refractivity contribution >= 4 is 5.91 Å². The minimum Gasteiger partial charge on any atom is -1.00 e. The molecule has 0 atom stereocenters. The number of nitrogens with zero attached hydrogens (tertiary/aromatic N) is 3. The number of rotatable bonds is 5. The molecule has 0 rings (SSSR count). The molecule has 0 unspecified atom stereocenters. The first-order valence-corrected chi connectivity index (χ1v) is 5.68. The Morgan fingerprint density at radius 2 is 1.71 bits per heavy atom. The highest BCUT2D eigenvalue weighted by Crippen LogP contribution is 2.09. The maximum absolute atomic E-state index is 12.2. The topological polar surface area (TPSA) is 23.6 Å². The maximum atomic E-state index is 12.2. The highest BCUT2D eigenvalue weighted by Gasteiger charge is 2.26. The van der Waals surface area contributed by atoms with E-state index in [1.54, 1.807) is 0 Å². The molecule has 0 N–H and O–H groups in total. The maximum Gasteiger partial charge on any atom is 0.295 e. The monoisotopic (exact) mass is 263 g/mol. The zero-order valence-corrected chi connectivity index (χ0v) is 12.9. The lowest BCUT2D eigenvalue weighted by Crippen LogP contribution is -3.00. The van der Waals surface area contributed by atoms with Gasteiger partial charge in [0.05, 0.1) is 27.7 Å². The van der Waals surface area contributed by atoms with Crippen molar-refractivity contribution < 1.29 is 21.8 Å². The van der Waals surface area contributed by atoms with E-state index in [-0.39, 0.29) is 18.3 Å². The van der Waals surface area contributed by atoms with Gasteiger partial charge < -0.3 is 17.3 Å². The minimum atomic E-state index is 0. The SMILES string of the molecule is CCCN(C(=O)C(C)=CN(C)C)[N+](C)(C)C.[Cl-]. The van der Waals surface area contributed by atoms with Gasteiger partial charge in [0.25, 0.3) is 5.91 Å². The second kappa shape index (κ2) is 7.56. The van der Waals surface area contributed by atoms with Crippen molar-refractivity contribution in [2.24, 2.45) is 0 Å². The molecule has 0 aliphatic heterocycles. The fourth-order valence-corrected chi connectivity index (χ4v) is 1.53. The molecule has 0 aliphatic rings.